The Labute approximate surface area is 671 Å². The Morgan fingerprint density at radius 1 is 0.292 bits per heavy atom. The van der Waals surface area contributed by atoms with Gasteiger partial charge in [-0.25, -0.2) is 4.79 Å². The number of guanidine groups is 1. The molecule has 0 aliphatic carbocycles. The van der Waals surface area contributed by atoms with Gasteiger partial charge in [-0.2, -0.15) is 0 Å². The van der Waals surface area contributed by atoms with Gasteiger partial charge in [0, 0.05) is 6.54 Å². The van der Waals surface area contributed by atoms with Crippen molar-refractivity contribution in [3.63, 3.8) is 0 Å². The Morgan fingerprint density at radius 2 is 0.531 bits per heavy atom. The number of hydrogen-bond donors (Lipinski definition) is 20. The van der Waals surface area contributed by atoms with Crippen LogP contribution in [0.3, 0.4) is 0 Å². The number of carbonyl (C=O) groups is 14. The maximum Gasteiger partial charge on any atom is 0.326 e. The lowest BCUT2D eigenvalue weighted by Crippen LogP contribution is -2.61. The van der Waals surface area contributed by atoms with Crippen LogP contribution in [0.2, 0.25) is 0 Å². The van der Waals surface area contributed by atoms with E-state index in [2.05, 4.69) is 74.1 Å². The summed E-state index contributed by atoms with van der Waals surface area (Å²) in [6, 6.07) is -17.2. The molecule has 0 aromatic carbocycles. The lowest BCUT2D eigenvalue weighted by atomic mass is 9.95. The van der Waals surface area contributed by atoms with Crippen molar-refractivity contribution in [1.29, 1.82) is 0 Å². The van der Waals surface area contributed by atoms with Crippen LogP contribution in [-0.4, -0.2) is 205 Å². The molecule has 35 nitrogen and oxygen atoms in total. The van der Waals surface area contributed by atoms with E-state index in [1.54, 1.807) is 48.5 Å². The first-order valence-electron chi connectivity index (χ1n) is 41.1. The fourth-order valence-corrected chi connectivity index (χ4v) is 12.2. The number of rotatable bonds is 59. The third-order valence-electron chi connectivity index (χ3n) is 20.1. The number of carboxylic acids is 1. The van der Waals surface area contributed by atoms with Crippen LogP contribution in [0.5, 0.6) is 0 Å². The van der Waals surface area contributed by atoms with Gasteiger partial charge in [-0.1, -0.05) is 136 Å². The van der Waals surface area contributed by atoms with Gasteiger partial charge >= 0.3 is 5.97 Å². The molecule has 650 valence electrons. The Kier molecular flexibility index (Phi) is 51.9. The van der Waals surface area contributed by atoms with Gasteiger partial charge in [0.05, 0.1) is 6.04 Å². The van der Waals surface area contributed by atoms with Crippen molar-refractivity contribution >= 4 is 88.7 Å². The highest BCUT2D eigenvalue weighted by Gasteiger charge is 2.40. The maximum atomic E-state index is 14.6. The van der Waals surface area contributed by atoms with E-state index in [1.807, 2.05) is 62.3 Å². The number of unbranched alkanes of at least 4 members (excludes halogenated alkanes) is 3. The third kappa shape index (κ3) is 41.0. The molecule has 26 N–H and O–H groups in total. The Balaban J connectivity index is 7.00. The molecule has 0 spiro atoms. The molecule has 113 heavy (non-hydrogen) atoms. The molecule has 0 radical (unpaired) electrons. The van der Waals surface area contributed by atoms with Gasteiger partial charge in [-0.05, 0) is 177 Å². The molecule has 0 unspecified atom stereocenters. The monoisotopic (exact) mass is 1610 g/mol. The normalized spacial score (nSPS) is 16.3. The molecule has 0 bridgehead atoms. The van der Waals surface area contributed by atoms with Gasteiger partial charge in [0.15, 0.2) is 5.96 Å². The van der Waals surface area contributed by atoms with E-state index in [0.29, 0.717) is 70.8 Å². The number of aliphatic carboxylic acids is 1. The largest absolute Gasteiger partial charge is 0.480 e. The summed E-state index contributed by atoms with van der Waals surface area (Å²) in [6.45, 7) is 32.4. The summed E-state index contributed by atoms with van der Waals surface area (Å²) >= 11 is 0. The summed E-state index contributed by atoms with van der Waals surface area (Å²) in [5.41, 5.74) is 34.9. The predicted octanol–water partition coefficient (Wildman–Crippen LogP) is 0.550. The molecule has 0 fully saturated rings. The summed E-state index contributed by atoms with van der Waals surface area (Å²) in [5.74, 6) is -13.4. The van der Waals surface area contributed by atoms with Crippen molar-refractivity contribution in [2.45, 2.75) is 331 Å². The number of nitrogens with one attached hydrogen (secondary N) is 13. The number of nitrogens with zero attached hydrogens (tertiary/aromatic N) is 1. The summed E-state index contributed by atoms with van der Waals surface area (Å²) in [4.78, 5) is 201. The van der Waals surface area contributed by atoms with E-state index in [0.717, 1.165) is 0 Å². The second kappa shape index (κ2) is 56.0. The average Bonchev–Trinajstić information content (AvgIpc) is 0.856. The number of carboxylic acid groups (broad SMARTS) is 1. The summed E-state index contributed by atoms with van der Waals surface area (Å²) < 4.78 is 0. The molecule has 0 aromatic rings. The summed E-state index contributed by atoms with van der Waals surface area (Å²) in [6.07, 6.45) is 5.31. The smallest absolute Gasteiger partial charge is 0.326 e. The second-order valence-corrected chi connectivity index (χ2v) is 32.1. The molecule has 0 saturated heterocycles. The van der Waals surface area contributed by atoms with Crippen molar-refractivity contribution < 1.29 is 72.2 Å². The average molecular weight is 1610 g/mol. The zero-order valence-corrected chi connectivity index (χ0v) is 71.0. The highest BCUT2D eigenvalue weighted by molar-refractivity contribution is 6.00. The van der Waals surface area contributed by atoms with E-state index in [4.69, 9.17) is 34.4 Å². The number of carbonyl (C=O) groups excluding carboxylic acids is 13. The molecular formula is C78H148N20O15. The zero-order chi connectivity index (χ0) is 86.5. The van der Waals surface area contributed by atoms with Crippen molar-refractivity contribution in [3.8, 4) is 0 Å². The molecule has 0 saturated carbocycles. The molecule has 0 aliphatic rings. The molecule has 0 rings (SSSR count). The van der Waals surface area contributed by atoms with Gasteiger partial charge < -0.3 is 109 Å². The zero-order valence-electron chi connectivity index (χ0n) is 71.0. The fourth-order valence-electron chi connectivity index (χ4n) is 12.2. The predicted molar refractivity (Wildman–Crippen MR) is 436 cm³/mol. The van der Waals surface area contributed by atoms with Gasteiger partial charge in [0.25, 0.3) is 0 Å². The highest BCUT2D eigenvalue weighted by Crippen LogP contribution is 2.19. The fraction of sp³-hybridized carbons (Fsp3) is 0.808. The van der Waals surface area contributed by atoms with E-state index in [9.17, 15) is 72.2 Å². The Morgan fingerprint density at radius 3 is 0.841 bits per heavy atom. The Hall–Kier alpha value is -8.31. The lowest BCUT2D eigenvalue weighted by molar-refractivity contribution is -0.143. The van der Waals surface area contributed by atoms with Crippen LogP contribution in [-0.2, 0) is 67.1 Å². The van der Waals surface area contributed by atoms with E-state index < -0.39 is 185 Å². The quantitative estimate of drug-likeness (QED) is 0.0225. The van der Waals surface area contributed by atoms with Crippen LogP contribution in [0.1, 0.15) is 247 Å². The molecule has 35 heteroatoms. The number of nitrogens with two attached hydrogens (primary N) is 6. The van der Waals surface area contributed by atoms with E-state index in [1.165, 1.54) is 13.8 Å². The van der Waals surface area contributed by atoms with Crippen LogP contribution >= 0.6 is 0 Å². The second-order valence-electron chi connectivity index (χ2n) is 32.1. The Bertz CT molecular complexity index is 3010. The van der Waals surface area contributed by atoms with Crippen molar-refractivity contribution in [2.24, 2.45) is 86.7 Å². The lowest BCUT2D eigenvalue weighted by Gasteiger charge is -2.31. The van der Waals surface area contributed by atoms with E-state index >= 15 is 0 Å². The standard InChI is InChI=1S/C78H148N20O15/c1-19-46(13)60(82)73(108)90-52(30-23-26-34-79)66(101)93-58(40-44(9)10)72(107)94-56(38-42(5)6)70(105)86-50(17)64(99)88-55(33-29-37-85-78(83)84)69(104)96-61(47(14)20-2)74(109)87-51(18)65(100)92-57(39-43(7)8)71(106)89-53(31-24-27-35-80)67(102)97-62(48(15)21-3)75(110)91-54(32-25-28-36-81)68(103)98-63(49(16)22-4)76(111)95-59(77(112)113)41-45(11)12/h42-63H,19-41,79-82H2,1-18H3,(H,86,105)(H,87,109)(H,88,99)(H,89,106)(H,90,108)(H,91,110)(H,92,100)(H,93,101)(H,94,107)(H,95,111)(H,96,104)(H,97,102)(H,98,103)(H,112,113)(H4,83,84,85)/t46-,47-,48-,49-,50-,51-,52-,53-,54-,55-,56-,57-,58-,59-,60-,61-,62-,63-/m0/s1. The van der Waals surface area contributed by atoms with E-state index in [-0.39, 0.29) is 113 Å². The van der Waals surface area contributed by atoms with Crippen LogP contribution in [0.25, 0.3) is 0 Å². The van der Waals surface area contributed by atoms with Crippen LogP contribution < -0.4 is 104 Å². The van der Waals surface area contributed by atoms with Crippen molar-refractivity contribution in [3.05, 3.63) is 0 Å². The first-order valence-corrected chi connectivity index (χ1v) is 41.1. The third-order valence-corrected chi connectivity index (χ3v) is 20.1. The van der Waals surface area contributed by atoms with Gasteiger partial charge in [0.2, 0.25) is 76.8 Å². The summed E-state index contributed by atoms with van der Waals surface area (Å²) in [7, 11) is 0. The van der Waals surface area contributed by atoms with Gasteiger partial charge in [-0.3, -0.25) is 67.3 Å². The van der Waals surface area contributed by atoms with Gasteiger partial charge in [0.1, 0.15) is 78.5 Å². The van der Waals surface area contributed by atoms with Crippen molar-refractivity contribution in [2.75, 3.05) is 26.2 Å². The van der Waals surface area contributed by atoms with Crippen LogP contribution in [0.4, 0.5) is 0 Å². The minimum absolute atomic E-state index is 0.0292. The molecule has 0 aromatic heterocycles. The molecular weight excluding hydrogens is 1460 g/mol. The minimum Gasteiger partial charge on any atom is -0.480 e. The number of amides is 13. The molecule has 0 heterocycles. The summed E-state index contributed by atoms with van der Waals surface area (Å²) in [5, 5.41) is 45.4. The first-order chi connectivity index (χ1) is 53.0. The van der Waals surface area contributed by atoms with Crippen LogP contribution in [0, 0.1) is 47.3 Å². The SMILES string of the molecule is CC[C@H](C)[C@H](N)C(=O)N[C@@H](CCCCN)C(=O)N[C@@H](CC(C)C)C(=O)N[C@@H](CC(C)C)C(=O)N[C@@H](C)C(=O)N[C@@H](CCCN=C(N)N)C(=O)N[C@H](C(=O)N[C@@H](C)C(=O)N[C@@H](CC(C)C)C(=O)N[C@@H](CCCCN)C(=O)N[C@H](C(=O)N[C@@H](CCCCN)C(=O)N[C@H](C(=O)N[C@@H](CC(C)C)C(=O)O)[C@@H](C)CC)[C@@H](C)CC)[C@@H](C)CC. The highest BCUT2D eigenvalue weighted by atomic mass is 16.4. The number of aliphatic imine (C=N–C) groups is 1. The molecule has 18 atom stereocenters. The topological polar surface area (TPSA) is 584 Å². The molecule has 0 aliphatic heterocycles. The minimum atomic E-state index is -1.37. The van der Waals surface area contributed by atoms with Crippen molar-refractivity contribution in [1.82, 2.24) is 69.1 Å². The number of hydrogen-bond acceptors (Lipinski definition) is 19. The first kappa shape index (κ1) is 105. The maximum absolute atomic E-state index is 14.6. The molecule has 13 amide bonds. The van der Waals surface area contributed by atoms with Gasteiger partial charge in [-0.15, -0.1) is 0 Å². The van der Waals surface area contributed by atoms with Crippen LogP contribution in [0.15, 0.2) is 4.99 Å².